The van der Waals surface area contributed by atoms with Gasteiger partial charge in [0.2, 0.25) is 11.9 Å². The van der Waals surface area contributed by atoms with Crippen molar-refractivity contribution in [3.63, 3.8) is 0 Å². The number of imidazole rings is 1. The van der Waals surface area contributed by atoms with Gasteiger partial charge in [-0.2, -0.15) is 9.78 Å². The van der Waals surface area contributed by atoms with Gasteiger partial charge >= 0.3 is 0 Å². The van der Waals surface area contributed by atoms with E-state index in [0.29, 0.717) is 17.3 Å². The summed E-state index contributed by atoms with van der Waals surface area (Å²) in [6.07, 6.45) is 0.181. The predicted octanol–water partition coefficient (Wildman–Crippen LogP) is 3.67. The van der Waals surface area contributed by atoms with Crippen molar-refractivity contribution in [2.24, 2.45) is 0 Å². The lowest BCUT2D eigenvalue weighted by molar-refractivity contribution is -0.116. The van der Waals surface area contributed by atoms with E-state index in [1.54, 1.807) is 22.9 Å². The lowest BCUT2D eigenvalue weighted by Gasteiger charge is -2.24. The van der Waals surface area contributed by atoms with Crippen LogP contribution >= 0.6 is 0 Å². The molecule has 0 saturated heterocycles. The average molecular weight is 361 g/mol. The van der Waals surface area contributed by atoms with E-state index in [4.69, 9.17) is 0 Å². The molecule has 4 aromatic rings. The van der Waals surface area contributed by atoms with Crippen LogP contribution in [-0.4, -0.2) is 25.7 Å². The SMILES string of the molecule is Cc1nn(-c2nc3ccccc3[nH]2)c2c1C(c1ccccc1F)CC(=O)N2. The maximum atomic E-state index is 14.4. The molecule has 0 saturated carbocycles. The Bertz CT molecular complexity index is 1160. The molecule has 1 unspecified atom stereocenters. The average Bonchev–Trinajstić information content (AvgIpc) is 3.22. The maximum Gasteiger partial charge on any atom is 0.231 e. The molecule has 7 heteroatoms. The largest absolute Gasteiger partial charge is 0.322 e. The zero-order valence-electron chi connectivity index (χ0n) is 14.5. The van der Waals surface area contributed by atoms with E-state index in [2.05, 4.69) is 20.4 Å². The Morgan fingerprint density at radius 2 is 1.93 bits per heavy atom. The van der Waals surface area contributed by atoms with Gasteiger partial charge in [0.25, 0.3) is 0 Å². The first kappa shape index (κ1) is 15.7. The number of para-hydroxylation sites is 2. The number of H-pyrrole nitrogens is 1. The maximum absolute atomic E-state index is 14.4. The van der Waals surface area contributed by atoms with Crippen LogP contribution in [0.15, 0.2) is 48.5 Å². The van der Waals surface area contributed by atoms with Crippen molar-refractivity contribution >= 4 is 22.8 Å². The summed E-state index contributed by atoms with van der Waals surface area (Å²) in [7, 11) is 0. The molecule has 0 spiro atoms. The molecule has 0 aliphatic carbocycles. The molecule has 134 valence electrons. The molecule has 2 aromatic carbocycles. The molecule has 6 nitrogen and oxygen atoms in total. The summed E-state index contributed by atoms with van der Waals surface area (Å²) < 4.78 is 16.0. The second kappa shape index (κ2) is 5.77. The predicted molar refractivity (Wildman–Crippen MR) is 99.4 cm³/mol. The Morgan fingerprint density at radius 1 is 1.15 bits per heavy atom. The topological polar surface area (TPSA) is 75.6 Å². The fourth-order valence-electron chi connectivity index (χ4n) is 3.76. The number of fused-ring (bicyclic) bond motifs is 2. The molecule has 3 heterocycles. The Kier molecular flexibility index (Phi) is 3.36. The highest BCUT2D eigenvalue weighted by Gasteiger charge is 2.34. The molecule has 27 heavy (non-hydrogen) atoms. The molecule has 5 rings (SSSR count). The smallest absolute Gasteiger partial charge is 0.231 e. The van der Waals surface area contributed by atoms with Gasteiger partial charge in [-0.25, -0.2) is 9.37 Å². The minimum atomic E-state index is -0.381. The van der Waals surface area contributed by atoms with Gasteiger partial charge in [0, 0.05) is 17.9 Å². The Hall–Kier alpha value is -3.48. The number of nitrogens with one attached hydrogen (secondary N) is 2. The summed E-state index contributed by atoms with van der Waals surface area (Å²) >= 11 is 0. The lowest BCUT2D eigenvalue weighted by atomic mass is 9.85. The number of hydrogen-bond donors (Lipinski definition) is 2. The van der Waals surface area contributed by atoms with E-state index >= 15 is 0 Å². The molecule has 1 atom stereocenters. The highest BCUT2D eigenvalue weighted by molar-refractivity contribution is 5.95. The van der Waals surface area contributed by atoms with Gasteiger partial charge in [-0.1, -0.05) is 30.3 Å². The highest BCUT2D eigenvalue weighted by Crippen LogP contribution is 2.40. The van der Waals surface area contributed by atoms with Crippen LogP contribution in [-0.2, 0) is 4.79 Å². The quantitative estimate of drug-likeness (QED) is 0.572. The number of aryl methyl sites for hydroxylation is 1. The first-order valence-electron chi connectivity index (χ1n) is 8.70. The summed E-state index contributed by atoms with van der Waals surface area (Å²) in [5.41, 5.74) is 3.74. The van der Waals surface area contributed by atoms with Crippen LogP contribution in [0.3, 0.4) is 0 Å². The Labute approximate surface area is 154 Å². The fourth-order valence-corrected chi connectivity index (χ4v) is 3.76. The van der Waals surface area contributed by atoms with E-state index in [1.807, 2.05) is 31.2 Å². The number of benzene rings is 2. The second-order valence-corrected chi connectivity index (χ2v) is 6.66. The van der Waals surface area contributed by atoms with Crippen LogP contribution in [0.4, 0.5) is 10.2 Å². The molecular formula is C20H16FN5O. The number of aromatic nitrogens is 4. The first-order valence-corrected chi connectivity index (χ1v) is 8.70. The number of carbonyl (C=O) groups excluding carboxylic acids is 1. The number of hydrogen-bond acceptors (Lipinski definition) is 3. The van der Waals surface area contributed by atoms with Crippen molar-refractivity contribution < 1.29 is 9.18 Å². The van der Waals surface area contributed by atoms with Crippen LogP contribution in [0.1, 0.15) is 29.2 Å². The summed E-state index contributed by atoms with van der Waals surface area (Å²) in [6, 6.07) is 14.2. The van der Waals surface area contributed by atoms with Gasteiger partial charge in [0.1, 0.15) is 11.6 Å². The van der Waals surface area contributed by atoms with Crippen molar-refractivity contribution in [2.45, 2.75) is 19.3 Å². The van der Waals surface area contributed by atoms with Crippen molar-refractivity contribution in [1.29, 1.82) is 0 Å². The van der Waals surface area contributed by atoms with Crippen molar-refractivity contribution in [3.05, 3.63) is 71.2 Å². The van der Waals surface area contributed by atoms with Gasteiger partial charge in [0.05, 0.1) is 16.7 Å². The highest BCUT2D eigenvalue weighted by atomic mass is 19.1. The molecule has 1 aliphatic heterocycles. The molecule has 2 N–H and O–H groups in total. The summed E-state index contributed by atoms with van der Waals surface area (Å²) in [5.74, 6) is 0.172. The normalized spacial score (nSPS) is 16.4. The Morgan fingerprint density at radius 3 is 2.74 bits per heavy atom. The molecule has 1 amide bonds. The molecule has 1 aliphatic rings. The third-order valence-corrected chi connectivity index (χ3v) is 4.96. The summed E-state index contributed by atoms with van der Waals surface area (Å²) in [5, 5.41) is 7.47. The van der Waals surface area contributed by atoms with Gasteiger partial charge in [0.15, 0.2) is 0 Å². The van der Waals surface area contributed by atoms with Gasteiger partial charge in [-0.3, -0.25) is 4.79 Å². The fraction of sp³-hybridized carbons (Fsp3) is 0.150. The first-order chi connectivity index (χ1) is 13.1. The summed E-state index contributed by atoms with van der Waals surface area (Å²) in [4.78, 5) is 20.2. The van der Waals surface area contributed by atoms with E-state index in [9.17, 15) is 9.18 Å². The number of nitrogens with zero attached hydrogens (tertiary/aromatic N) is 3. The Balaban J connectivity index is 1.70. The molecular weight excluding hydrogens is 345 g/mol. The minimum absolute atomic E-state index is 0.173. The van der Waals surface area contributed by atoms with Crippen LogP contribution in [0.25, 0.3) is 17.0 Å². The molecule has 0 radical (unpaired) electrons. The zero-order chi connectivity index (χ0) is 18.5. The van der Waals surface area contributed by atoms with Gasteiger partial charge in [-0.15, -0.1) is 0 Å². The number of halogens is 1. The summed E-state index contributed by atoms with van der Waals surface area (Å²) in [6.45, 7) is 1.86. The van der Waals surface area contributed by atoms with E-state index in [0.717, 1.165) is 22.3 Å². The number of aromatic amines is 1. The van der Waals surface area contributed by atoms with Gasteiger partial charge in [-0.05, 0) is 30.7 Å². The minimum Gasteiger partial charge on any atom is -0.322 e. The number of amides is 1. The number of rotatable bonds is 2. The third-order valence-electron chi connectivity index (χ3n) is 4.96. The second-order valence-electron chi connectivity index (χ2n) is 6.66. The monoisotopic (exact) mass is 361 g/mol. The van der Waals surface area contributed by atoms with E-state index < -0.39 is 0 Å². The van der Waals surface area contributed by atoms with Gasteiger partial charge < -0.3 is 10.3 Å². The molecule has 0 bridgehead atoms. The van der Waals surface area contributed by atoms with Crippen molar-refractivity contribution in [2.75, 3.05) is 5.32 Å². The van der Waals surface area contributed by atoms with E-state index in [-0.39, 0.29) is 24.1 Å². The number of anilines is 1. The van der Waals surface area contributed by atoms with Crippen LogP contribution in [0.5, 0.6) is 0 Å². The number of carbonyl (C=O) groups is 1. The van der Waals surface area contributed by atoms with E-state index in [1.165, 1.54) is 6.07 Å². The van der Waals surface area contributed by atoms with Crippen LogP contribution in [0.2, 0.25) is 0 Å². The molecule has 0 fully saturated rings. The molecule has 2 aromatic heterocycles. The third kappa shape index (κ3) is 2.43. The van der Waals surface area contributed by atoms with Crippen molar-refractivity contribution in [3.8, 4) is 5.95 Å². The zero-order valence-corrected chi connectivity index (χ0v) is 14.5. The lowest BCUT2D eigenvalue weighted by Crippen LogP contribution is -2.25. The van der Waals surface area contributed by atoms with Crippen molar-refractivity contribution in [1.82, 2.24) is 19.7 Å². The van der Waals surface area contributed by atoms with Crippen LogP contribution in [0, 0.1) is 12.7 Å². The standard InChI is InChI=1S/C20H16FN5O/c1-11-18-13(12-6-2-3-7-14(12)21)10-17(27)24-19(18)26(25-11)20-22-15-8-4-5-9-16(15)23-20/h2-9,13H,10H2,1H3,(H,22,23)(H,24,27). The van der Waals surface area contributed by atoms with Crippen LogP contribution < -0.4 is 5.32 Å².